The molecule has 1 aliphatic heterocycles. The lowest BCUT2D eigenvalue weighted by molar-refractivity contribution is -0.120. The fraction of sp³-hybridized carbons (Fsp3) is 0.739. The van der Waals surface area contributed by atoms with Crippen LogP contribution >= 0.6 is 0 Å². The minimum atomic E-state index is -3.29. The highest BCUT2D eigenvalue weighted by molar-refractivity contribution is 7.92. The molecular weight excluding hydrogens is 384 g/mol. The van der Waals surface area contributed by atoms with E-state index in [2.05, 4.69) is 29.5 Å². The summed E-state index contributed by atoms with van der Waals surface area (Å²) in [6, 6.07) is 7.83. The van der Waals surface area contributed by atoms with Crippen molar-refractivity contribution in [2.24, 2.45) is 17.8 Å². The van der Waals surface area contributed by atoms with Crippen molar-refractivity contribution in [1.29, 1.82) is 0 Å². The largest absolute Gasteiger partial charge is 0.373 e. The lowest BCUT2D eigenvalue weighted by Gasteiger charge is -2.48. The maximum absolute atomic E-state index is 11.7. The molecule has 1 saturated carbocycles. The van der Waals surface area contributed by atoms with Crippen LogP contribution in [0.3, 0.4) is 0 Å². The first-order valence-electron chi connectivity index (χ1n) is 11.2. The van der Waals surface area contributed by atoms with Gasteiger partial charge in [-0.25, -0.2) is 8.42 Å². The van der Waals surface area contributed by atoms with Crippen molar-refractivity contribution in [3.8, 4) is 0 Å². The van der Waals surface area contributed by atoms with Gasteiger partial charge in [0.15, 0.2) is 0 Å². The van der Waals surface area contributed by atoms with Crippen LogP contribution < -0.4 is 4.72 Å². The smallest absolute Gasteiger partial charge is 0.229 e. The minimum absolute atomic E-state index is 0.309. The number of unbranched alkanes of at least 4 members (excludes halogenated alkanes) is 1. The van der Waals surface area contributed by atoms with Crippen LogP contribution in [0.5, 0.6) is 0 Å². The fourth-order valence-electron chi connectivity index (χ4n) is 5.71. The summed E-state index contributed by atoms with van der Waals surface area (Å²) in [5, 5.41) is 0. The monoisotopic (exact) mass is 422 g/mol. The number of methoxy groups -OCH3 is 1. The van der Waals surface area contributed by atoms with Crippen LogP contribution in [0.4, 0.5) is 5.69 Å². The van der Waals surface area contributed by atoms with Gasteiger partial charge < -0.3 is 9.64 Å². The van der Waals surface area contributed by atoms with Gasteiger partial charge >= 0.3 is 0 Å². The summed E-state index contributed by atoms with van der Waals surface area (Å²) in [5.74, 6) is 1.68. The van der Waals surface area contributed by atoms with Crippen LogP contribution in [0.2, 0.25) is 0 Å². The number of fused-ring (bicyclic) bond motifs is 2. The van der Waals surface area contributed by atoms with E-state index in [-0.39, 0.29) is 5.60 Å². The molecule has 3 rings (SSSR count). The van der Waals surface area contributed by atoms with E-state index < -0.39 is 10.0 Å². The number of benzene rings is 1. The van der Waals surface area contributed by atoms with Crippen molar-refractivity contribution in [2.45, 2.75) is 58.0 Å². The summed E-state index contributed by atoms with van der Waals surface area (Å²) in [4.78, 5) is 2.67. The standard InChI is InChI=1S/C23H38N2O3S/c1-5-7-9-18(6-2)15-25-16-20-12-13-21(17-25)23(20,28-3)19-10-8-11-22(14-19)24-29(4,26)27/h8,10-11,14,18,20-21,24H,5-7,9,12-13,15-17H2,1-4H3. The number of sulfonamides is 1. The van der Waals surface area contributed by atoms with E-state index in [9.17, 15) is 8.42 Å². The third kappa shape index (κ3) is 4.97. The van der Waals surface area contributed by atoms with Crippen LogP contribution in [-0.2, 0) is 20.4 Å². The van der Waals surface area contributed by atoms with Gasteiger partial charge in [-0.1, -0.05) is 45.2 Å². The molecule has 2 bridgehead atoms. The predicted octanol–water partition coefficient (Wildman–Crippen LogP) is 4.46. The molecule has 1 heterocycles. The van der Waals surface area contributed by atoms with Gasteiger partial charge in [0.2, 0.25) is 10.0 Å². The van der Waals surface area contributed by atoms with Gasteiger partial charge in [-0.05, 0) is 42.9 Å². The highest BCUT2D eigenvalue weighted by Crippen LogP contribution is 2.54. The second kappa shape index (κ2) is 9.36. The van der Waals surface area contributed by atoms with Crippen molar-refractivity contribution in [3.05, 3.63) is 29.8 Å². The number of nitrogens with zero attached hydrogens (tertiary/aromatic N) is 1. The highest BCUT2D eigenvalue weighted by atomic mass is 32.2. The normalized spacial score (nSPS) is 28.4. The molecule has 1 aromatic carbocycles. The lowest BCUT2D eigenvalue weighted by Crippen LogP contribution is -2.53. The van der Waals surface area contributed by atoms with E-state index in [0.29, 0.717) is 17.5 Å². The zero-order valence-corrected chi connectivity index (χ0v) is 19.3. The number of piperidine rings is 1. The molecule has 6 heteroatoms. The van der Waals surface area contributed by atoms with Crippen LogP contribution in [-0.4, -0.2) is 46.3 Å². The zero-order valence-electron chi connectivity index (χ0n) is 18.5. The van der Waals surface area contributed by atoms with Crippen LogP contribution in [0.15, 0.2) is 24.3 Å². The molecule has 164 valence electrons. The van der Waals surface area contributed by atoms with E-state index in [1.54, 1.807) is 0 Å². The molecule has 0 aromatic heterocycles. The Labute approximate surface area is 177 Å². The summed E-state index contributed by atoms with van der Waals surface area (Å²) in [6.45, 7) is 7.92. The van der Waals surface area contributed by atoms with Gasteiger partial charge in [-0.15, -0.1) is 0 Å². The molecule has 0 amide bonds. The molecule has 5 nitrogen and oxygen atoms in total. The Bertz CT molecular complexity index is 766. The molecule has 1 N–H and O–H groups in total. The van der Waals surface area contributed by atoms with Crippen molar-refractivity contribution >= 4 is 15.7 Å². The summed E-state index contributed by atoms with van der Waals surface area (Å²) < 4.78 is 32.3. The predicted molar refractivity (Wildman–Crippen MR) is 120 cm³/mol. The second-order valence-corrected chi connectivity index (χ2v) is 10.8. The quantitative estimate of drug-likeness (QED) is 0.605. The molecule has 1 saturated heterocycles. The van der Waals surface area contributed by atoms with Crippen molar-refractivity contribution in [1.82, 2.24) is 4.90 Å². The SMILES string of the molecule is CCCCC(CC)CN1CC2CCC(C1)C2(OC)c1cccc(NS(C)(=O)=O)c1. The summed E-state index contributed by atoms with van der Waals surface area (Å²) in [6.07, 6.45) is 8.70. The summed E-state index contributed by atoms with van der Waals surface area (Å²) >= 11 is 0. The van der Waals surface area contributed by atoms with Crippen molar-refractivity contribution in [2.75, 3.05) is 37.7 Å². The summed E-state index contributed by atoms with van der Waals surface area (Å²) in [7, 11) is -1.47. The summed E-state index contributed by atoms with van der Waals surface area (Å²) in [5.41, 5.74) is 1.42. The highest BCUT2D eigenvalue weighted by Gasteiger charge is 2.55. The average molecular weight is 423 g/mol. The van der Waals surface area contributed by atoms with Gasteiger partial charge in [0, 0.05) is 44.3 Å². The Morgan fingerprint density at radius 2 is 1.93 bits per heavy atom. The molecule has 29 heavy (non-hydrogen) atoms. The number of ether oxygens (including phenoxy) is 1. The van der Waals surface area contributed by atoms with Gasteiger partial charge in [0.25, 0.3) is 0 Å². The van der Waals surface area contributed by atoms with Gasteiger partial charge in [-0.2, -0.15) is 0 Å². The first-order chi connectivity index (χ1) is 13.8. The van der Waals surface area contributed by atoms with E-state index in [1.807, 2.05) is 25.3 Å². The van der Waals surface area contributed by atoms with E-state index in [1.165, 1.54) is 51.3 Å². The van der Waals surface area contributed by atoms with E-state index in [0.717, 1.165) is 24.6 Å². The Kier molecular flexibility index (Phi) is 7.28. The minimum Gasteiger partial charge on any atom is -0.373 e. The molecule has 0 radical (unpaired) electrons. The molecular formula is C23H38N2O3S. The maximum Gasteiger partial charge on any atom is 0.229 e. The Balaban J connectivity index is 1.79. The lowest BCUT2D eigenvalue weighted by atomic mass is 9.74. The third-order valence-corrected chi connectivity index (χ3v) is 7.65. The Morgan fingerprint density at radius 1 is 1.24 bits per heavy atom. The van der Waals surface area contributed by atoms with Crippen LogP contribution in [0.25, 0.3) is 0 Å². The molecule has 1 aromatic rings. The molecule has 2 aliphatic rings. The first kappa shape index (κ1) is 22.6. The van der Waals surface area contributed by atoms with Crippen LogP contribution in [0.1, 0.15) is 57.9 Å². The fourth-order valence-corrected chi connectivity index (χ4v) is 6.27. The molecule has 1 aliphatic carbocycles. The average Bonchev–Trinajstić information content (AvgIpc) is 2.87. The van der Waals surface area contributed by atoms with Crippen LogP contribution in [0, 0.1) is 17.8 Å². The van der Waals surface area contributed by atoms with Crippen molar-refractivity contribution in [3.63, 3.8) is 0 Å². The Hall–Kier alpha value is -1.11. The number of likely N-dealkylation sites (tertiary alicyclic amines) is 1. The first-order valence-corrected chi connectivity index (χ1v) is 13.1. The number of anilines is 1. The number of nitrogens with one attached hydrogen (secondary N) is 1. The number of hydrogen-bond acceptors (Lipinski definition) is 4. The topological polar surface area (TPSA) is 58.6 Å². The van der Waals surface area contributed by atoms with Gasteiger partial charge in [0.05, 0.1) is 6.26 Å². The van der Waals surface area contributed by atoms with E-state index >= 15 is 0 Å². The third-order valence-electron chi connectivity index (χ3n) is 7.05. The molecule has 3 atom stereocenters. The number of hydrogen-bond donors (Lipinski definition) is 1. The molecule has 2 fully saturated rings. The molecule has 0 spiro atoms. The molecule has 3 unspecified atom stereocenters. The van der Waals surface area contributed by atoms with Crippen molar-refractivity contribution < 1.29 is 13.2 Å². The Morgan fingerprint density at radius 3 is 2.48 bits per heavy atom. The number of rotatable bonds is 10. The second-order valence-electron chi connectivity index (χ2n) is 9.06. The van der Waals surface area contributed by atoms with Gasteiger partial charge in [0.1, 0.15) is 5.60 Å². The van der Waals surface area contributed by atoms with E-state index in [4.69, 9.17) is 4.74 Å². The maximum atomic E-state index is 11.7. The van der Waals surface area contributed by atoms with Gasteiger partial charge in [-0.3, -0.25) is 4.72 Å². The zero-order chi connectivity index (χ0) is 21.1.